The van der Waals surface area contributed by atoms with Gasteiger partial charge in [0.25, 0.3) is 0 Å². The van der Waals surface area contributed by atoms with Crippen LogP contribution in [0.2, 0.25) is 0 Å². The van der Waals surface area contributed by atoms with Crippen LogP contribution >= 0.6 is 23.1 Å². The topological polar surface area (TPSA) is 132 Å². The molecular weight excluding hydrogens is 705 g/mol. The van der Waals surface area contributed by atoms with Crippen molar-refractivity contribution in [2.24, 2.45) is 0 Å². The van der Waals surface area contributed by atoms with Crippen molar-refractivity contribution in [2.75, 3.05) is 6.54 Å². The third kappa shape index (κ3) is 8.02. The Bertz CT molecular complexity index is 1960. The summed E-state index contributed by atoms with van der Waals surface area (Å²) in [5.41, 5.74) is 8.62. The number of carbonyl (C=O) groups is 3. The smallest absolute Gasteiger partial charge is 0.405 e. The molecule has 1 saturated heterocycles. The first-order valence-corrected chi connectivity index (χ1v) is 19.2. The first-order valence-electron chi connectivity index (χ1n) is 17.5. The highest BCUT2D eigenvalue weighted by Gasteiger charge is 2.50. The molecule has 1 fully saturated rings. The zero-order chi connectivity index (χ0) is 37.8. The summed E-state index contributed by atoms with van der Waals surface area (Å²) in [5, 5.41) is 26.4. The summed E-state index contributed by atoms with van der Waals surface area (Å²) in [6.45, 7) is 7.79. The van der Waals surface area contributed by atoms with Crippen LogP contribution in [0.3, 0.4) is 0 Å². The Balaban J connectivity index is 1.30. The zero-order valence-corrected chi connectivity index (χ0v) is 31.8. The van der Waals surface area contributed by atoms with E-state index in [-0.39, 0.29) is 19.5 Å². The van der Waals surface area contributed by atoms with Gasteiger partial charge in [-0.25, -0.2) is 9.78 Å². The Labute approximate surface area is 318 Å². The molecule has 11 heteroatoms. The molecule has 6 rings (SSSR count). The van der Waals surface area contributed by atoms with Gasteiger partial charge in [0.05, 0.1) is 26.9 Å². The van der Waals surface area contributed by atoms with Gasteiger partial charge in [-0.1, -0.05) is 109 Å². The molecule has 1 aliphatic heterocycles. The standard InChI is InChI=1S/C42H44N4O5S2/c1-27-22-29(36-28(2)44-26-52-36)20-21-30(27)24-43-38(48)35-23-34(47)25-46(35)39(49)37(45-40(50)51)41(3,4)53-42(31-14-8-5-9-15-31,32-16-10-6-11-17-32)33-18-12-7-13-19-33/h5-22,26,34-35,37,45,47H,23-25H2,1-4H3,(H,43,48)(H,50,51)/t34-,35+,37?/m1/s1. The highest BCUT2D eigenvalue weighted by atomic mass is 32.2. The minimum atomic E-state index is -1.37. The van der Waals surface area contributed by atoms with Gasteiger partial charge in [-0.2, -0.15) is 0 Å². The molecule has 1 unspecified atom stereocenters. The number of amides is 3. The van der Waals surface area contributed by atoms with Crippen molar-refractivity contribution >= 4 is 41.0 Å². The van der Waals surface area contributed by atoms with E-state index in [1.807, 2.05) is 136 Å². The molecular formula is C42H44N4O5S2. The van der Waals surface area contributed by atoms with Gasteiger partial charge >= 0.3 is 6.09 Å². The molecule has 274 valence electrons. The second kappa shape index (κ2) is 16.0. The third-order valence-corrected chi connectivity index (χ3v) is 12.6. The van der Waals surface area contributed by atoms with Gasteiger partial charge in [0.1, 0.15) is 12.1 Å². The molecule has 3 atom stereocenters. The van der Waals surface area contributed by atoms with Crippen molar-refractivity contribution in [3.8, 4) is 10.4 Å². The summed E-state index contributed by atoms with van der Waals surface area (Å²) in [4.78, 5) is 47.7. The van der Waals surface area contributed by atoms with E-state index in [1.54, 1.807) is 11.3 Å². The van der Waals surface area contributed by atoms with Crippen LogP contribution in [-0.2, 0) is 20.9 Å². The Morgan fingerprint density at radius 1 is 0.906 bits per heavy atom. The molecule has 0 aliphatic carbocycles. The Morgan fingerprint density at radius 3 is 1.96 bits per heavy atom. The van der Waals surface area contributed by atoms with E-state index in [4.69, 9.17) is 0 Å². The molecule has 3 amide bonds. The molecule has 5 aromatic rings. The van der Waals surface area contributed by atoms with Gasteiger partial charge in [0.15, 0.2) is 0 Å². The number of likely N-dealkylation sites (tertiary alicyclic amines) is 1. The number of thiazole rings is 1. The van der Waals surface area contributed by atoms with Crippen LogP contribution in [0.15, 0.2) is 115 Å². The number of aliphatic hydroxyl groups excluding tert-OH is 1. The van der Waals surface area contributed by atoms with Gasteiger partial charge in [0, 0.05) is 24.3 Å². The van der Waals surface area contributed by atoms with Crippen LogP contribution in [-0.4, -0.2) is 67.5 Å². The van der Waals surface area contributed by atoms with Crippen molar-refractivity contribution < 1.29 is 24.6 Å². The molecule has 0 radical (unpaired) electrons. The van der Waals surface area contributed by atoms with E-state index in [9.17, 15) is 24.6 Å². The van der Waals surface area contributed by atoms with E-state index in [0.717, 1.165) is 44.0 Å². The first-order chi connectivity index (χ1) is 25.4. The number of nitrogens with zero attached hydrogens (tertiary/aromatic N) is 2. The van der Waals surface area contributed by atoms with Crippen LogP contribution < -0.4 is 10.6 Å². The SMILES string of the molecule is Cc1cc(-c2scnc2C)ccc1CNC(=O)[C@@H]1C[C@@H](O)CN1C(=O)C(NC(=O)O)C(C)(C)SC(c1ccccc1)(c1ccccc1)c1ccccc1. The number of hydrogen-bond donors (Lipinski definition) is 4. The number of nitrogens with one attached hydrogen (secondary N) is 2. The van der Waals surface area contributed by atoms with Crippen LogP contribution in [0.4, 0.5) is 4.79 Å². The minimum Gasteiger partial charge on any atom is -0.465 e. The normalized spacial score (nSPS) is 16.6. The lowest BCUT2D eigenvalue weighted by Gasteiger charge is -2.44. The Morgan fingerprint density at radius 2 is 1.47 bits per heavy atom. The lowest BCUT2D eigenvalue weighted by Crippen LogP contribution is -2.60. The van der Waals surface area contributed by atoms with Crippen LogP contribution in [0.1, 0.15) is 53.8 Å². The summed E-state index contributed by atoms with van der Waals surface area (Å²) >= 11 is 3.05. The number of rotatable bonds is 12. The predicted molar refractivity (Wildman–Crippen MR) is 211 cm³/mol. The zero-order valence-electron chi connectivity index (χ0n) is 30.2. The average Bonchev–Trinajstić information content (AvgIpc) is 3.78. The van der Waals surface area contributed by atoms with Crippen molar-refractivity contribution in [1.29, 1.82) is 0 Å². The van der Waals surface area contributed by atoms with E-state index >= 15 is 0 Å². The number of carboxylic acid groups (broad SMARTS) is 1. The maximum atomic E-state index is 14.7. The third-order valence-electron chi connectivity index (χ3n) is 9.84. The average molecular weight is 749 g/mol. The first kappa shape index (κ1) is 37.8. The molecule has 2 heterocycles. The highest BCUT2D eigenvalue weighted by Crippen LogP contribution is 2.54. The summed E-state index contributed by atoms with van der Waals surface area (Å²) in [6.07, 6.45) is -2.28. The fraction of sp³-hybridized carbons (Fsp3) is 0.286. The second-order valence-corrected chi connectivity index (χ2v) is 16.6. The molecule has 4 N–H and O–H groups in total. The number of aliphatic hydroxyl groups is 1. The van der Waals surface area contributed by atoms with Gasteiger partial charge < -0.3 is 25.7 Å². The molecule has 0 bridgehead atoms. The fourth-order valence-corrected chi connectivity index (χ4v) is 9.82. The van der Waals surface area contributed by atoms with E-state index in [2.05, 4.69) is 21.7 Å². The lowest BCUT2D eigenvalue weighted by atomic mass is 9.84. The van der Waals surface area contributed by atoms with Gasteiger partial charge in [-0.3, -0.25) is 9.59 Å². The summed E-state index contributed by atoms with van der Waals surface area (Å²) in [5.74, 6) is -0.992. The van der Waals surface area contributed by atoms with Gasteiger partial charge in [0.2, 0.25) is 11.8 Å². The Kier molecular flexibility index (Phi) is 11.4. The minimum absolute atomic E-state index is 0.0372. The molecule has 1 aromatic heterocycles. The van der Waals surface area contributed by atoms with E-state index in [0.29, 0.717) is 0 Å². The van der Waals surface area contributed by atoms with Crippen LogP contribution in [0.25, 0.3) is 10.4 Å². The predicted octanol–water partition coefficient (Wildman–Crippen LogP) is 7.15. The Hall–Kier alpha value is -4.97. The highest BCUT2D eigenvalue weighted by molar-refractivity contribution is 8.02. The summed E-state index contributed by atoms with van der Waals surface area (Å²) in [7, 11) is 0. The number of aryl methyl sites for hydroxylation is 2. The molecule has 0 spiro atoms. The molecule has 0 saturated carbocycles. The number of benzene rings is 4. The number of thioether (sulfide) groups is 1. The molecule has 1 aliphatic rings. The second-order valence-electron chi connectivity index (χ2n) is 13.9. The largest absolute Gasteiger partial charge is 0.465 e. The van der Waals surface area contributed by atoms with Crippen LogP contribution in [0.5, 0.6) is 0 Å². The molecule has 53 heavy (non-hydrogen) atoms. The maximum absolute atomic E-state index is 14.7. The number of β-amino-alcohol motifs (C(OH)–C–C–N with tert-alkyl or cyclic N) is 1. The van der Waals surface area contributed by atoms with Crippen molar-refractivity contribution in [3.05, 3.63) is 148 Å². The summed E-state index contributed by atoms with van der Waals surface area (Å²) in [6, 6.07) is 33.7. The van der Waals surface area contributed by atoms with E-state index in [1.165, 1.54) is 16.7 Å². The summed E-state index contributed by atoms with van der Waals surface area (Å²) < 4.78 is -1.96. The number of hydrogen-bond acceptors (Lipinski definition) is 7. The quantitative estimate of drug-likeness (QED) is 0.0998. The van der Waals surface area contributed by atoms with Crippen LogP contribution in [0, 0.1) is 13.8 Å². The van der Waals surface area contributed by atoms with Crippen molar-refractivity contribution in [2.45, 2.75) is 68.3 Å². The monoisotopic (exact) mass is 748 g/mol. The van der Waals surface area contributed by atoms with Gasteiger partial charge in [-0.05, 0) is 61.1 Å². The number of carbonyl (C=O) groups excluding carboxylic acids is 2. The van der Waals surface area contributed by atoms with Crippen molar-refractivity contribution in [1.82, 2.24) is 20.5 Å². The number of aromatic nitrogens is 1. The lowest BCUT2D eigenvalue weighted by molar-refractivity contribution is -0.140. The molecule has 9 nitrogen and oxygen atoms in total. The maximum Gasteiger partial charge on any atom is 0.405 e. The van der Waals surface area contributed by atoms with Gasteiger partial charge in [-0.15, -0.1) is 23.1 Å². The van der Waals surface area contributed by atoms with E-state index < -0.39 is 45.6 Å². The molecule has 4 aromatic carbocycles. The fourth-order valence-electron chi connectivity index (χ4n) is 7.19. The van der Waals surface area contributed by atoms with Crippen molar-refractivity contribution in [3.63, 3.8) is 0 Å².